The van der Waals surface area contributed by atoms with Gasteiger partial charge in [-0.3, -0.25) is 4.84 Å². The maximum absolute atomic E-state index is 5.75. The minimum absolute atomic E-state index is 0.216. The Morgan fingerprint density at radius 3 is 2.53 bits per heavy atom. The maximum Gasteiger partial charge on any atom is 0.180 e. The molecule has 0 N–H and O–H groups in total. The van der Waals surface area contributed by atoms with Crippen molar-refractivity contribution < 1.29 is 4.84 Å². The van der Waals surface area contributed by atoms with Gasteiger partial charge in [-0.05, 0) is 31.2 Å². The molecule has 1 saturated carbocycles. The molecule has 3 rings (SSSR count). The maximum atomic E-state index is 5.75. The predicted octanol–water partition coefficient (Wildman–Crippen LogP) is 3.90. The Hall–Kier alpha value is -0.860. The molecule has 0 radical (unpaired) electrons. The van der Waals surface area contributed by atoms with Gasteiger partial charge in [0.2, 0.25) is 0 Å². The number of hydrogen-bond acceptors (Lipinski definition) is 2. The summed E-state index contributed by atoms with van der Waals surface area (Å²) in [7, 11) is 0. The molecule has 2 aliphatic rings. The average molecular weight is 231 g/mol. The number of rotatable bonds is 3. The molecule has 1 aliphatic carbocycles. The lowest BCUT2D eigenvalue weighted by Crippen LogP contribution is -2.27. The molecule has 0 aromatic heterocycles. The minimum atomic E-state index is 0.216. The summed E-state index contributed by atoms with van der Waals surface area (Å²) in [6.45, 7) is 2.32. The van der Waals surface area contributed by atoms with Gasteiger partial charge in [0, 0.05) is 6.04 Å². The fourth-order valence-electron chi connectivity index (χ4n) is 3.05. The molecule has 92 valence electrons. The van der Waals surface area contributed by atoms with Gasteiger partial charge in [0.05, 0.1) is 0 Å². The topological polar surface area (TPSA) is 15.5 Å². The molecule has 0 spiro atoms. The van der Waals surface area contributed by atoms with Crippen LogP contribution in [0, 0.1) is 5.92 Å². The third-order valence-electron chi connectivity index (χ3n) is 4.23. The van der Waals surface area contributed by atoms with Crippen LogP contribution < -0.4 is 0 Å². The van der Waals surface area contributed by atoms with Crippen LogP contribution in [0.2, 0.25) is 0 Å². The van der Waals surface area contributed by atoms with E-state index in [4.69, 9.17) is 4.84 Å². The summed E-state index contributed by atoms with van der Waals surface area (Å²) in [6, 6.07) is 11.1. The van der Waals surface area contributed by atoms with Crippen molar-refractivity contribution in [1.29, 1.82) is 0 Å². The molecule has 0 bridgehead atoms. The quantitative estimate of drug-likeness (QED) is 0.733. The van der Waals surface area contributed by atoms with Crippen molar-refractivity contribution in [1.82, 2.24) is 5.06 Å². The van der Waals surface area contributed by atoms with Crippen molar-refractivity contribution >= 4 is 0 Å². The van der Waals surface area contributed by atoms with E-state index in [1.54, 1.807) is 0 Å². The highest BCUT2D eigenvalue weighted by Crippen LogP contribution is 2.43. The van der Waals surface area contributed by atoms with Crippen molar-refractivity contribution in [2.45, 2.75) is 51.3 Å². The molecule has 1 aliphatic heterocycles. The van der Waals surface area contributed by atoms with Crippen LogP contribution >= 0.6 is 0 Å². The van der Waals surface area contributed by atoms with Gasteiger partial charge < -0.3 is 0 Å². The Kier molecular flexibility index (Phi) is 3.17. The van der Waals surface area contributed by atoms with Crippen LogP contribution in [0.5, 0.6) is 0 Å². The molecule has 1 aromatic rings. The number of hydroxylamine groups is 2. The van der Waals surface area contributed by atoms with Crippen molar-refractivity contribution in [2.75, 3.05) is 0 Å². The normalized spacial score (nSPS) is 31.1. The zero-order valence-corrected chi connectivity index (χ0v) is 10.5. The van der Waals surface area contributed by atoms with E-state index in [0.29, 0.717) is 6.04 Å². The van der Waals surface area contributed by atoms with Crippen LogP contribution in [-0.2, 0) is 4.84 Å². The van der Waals surface area contributed by atoms with E-state index in [1.807, 2.05) is 0 Å². The van der Waals surface area contributed by atoms with Crippen LogP contribution in [0.15, 0.2) is 30.3 Å². The van der Waals surface area contributed by atoms with Gasteiger partial charge in [0.25, 0.3) is 0 Å². The lowest BCUT2D eigenvalue weighted by atomic mass is 9.84. The molecular formula is C15H21NO. The smallest absolute Gasteiger partial charge is 0.180 e. The lowest BCUT2D eigenvalue weighted by molar-refractivity contribution is 0.101. The summed E-state index contributed by atoms with van der Waals surface area (Å²) < 4.78 is 0. The molecule has 17 heavy (non-hydrogen) atoms. The minimum Gasteiger partial charge on any atom is -0.270 e. The van der Waals surface area contributed by atoms with Crippen LogP contribution in [0.25, 0.3) is 0 Å². The number of hydrogen-bond donors (Lipinski definition) is 0. The Bertz CT molecular complexity index is 358. The second-order valence-corrected chi connectivity index (χ2v) is 5.37. The van der Waals surface area contributed by atoms with Crippen LogP contribution in [0.1, 0.15) is 50.8 Å². The third kappa shape index (κ3) is 2.38. The van der Waals surface area contributed by atoms with Gasteiger partial charge in [0.1, 0.15) is 0 Å². The van der Waals surface area contributed by atoms with Crippen LogP contribution in [0.4, 0.5) is 0 Å². The molecule has 3 atom stereocenters. The fourth-order valence-corrected chi connectivity index (χ4v) is 3.05. The molecule has 1 heterocycles. The molecular weight excluding hydrogens is 210 g/mol. The summed E-state index contributed by atoms with van der Waals surface area (Å²) in [6.07, 6.45) is 7.20. The summed E-state index contributed by atoms with van der Waals surface area (Å²) in [4.78, 5) is 5.75. The van der Waals surface area contributed by atoms with E-state index in [1.165, 1.54) is 37.7 Å². The molecule has 1 unspecified atom stereocenters. The van der Waals surface area contributed by atoms with Crippen molar-refractivity contribution in [3.8, 4) is 0 Å². The Labute approximate surface area is 104 Å². The molecule has 1 saturated heterocycles. The predicted molar refractivity (Wildman–Crippen MR) is 68.1 cm³/mol. The van der Waals surface area contributed by atoms with E-state index in [0.717, 1.165) is 5.92 Å². The summed E-state index contributed by atoms with van der Waals surface area (Å²) in [5, 5.41) is 2.19. The first-order valence-electron chi connectivity index (χ1n) is 6.86. The van der Waals surface area contributed by atoms with Gasteiger partial charge in [0.15, 0.2) is 6.23 Å². The molecule has 2 fully saturated rings. The van der Waals surface area contributed by atoms with Gasteiger partial charge in [-0.1, -0.05) is 49.6 Å². The highest BCUT2D eigenvalue weighted by molar-refractivity contribution is 5.19. The highest BCUT2D eigenvalue weighted by atomic mass is 16.8. The molecule has 2 heteroatoms. The van der Waals surface area contributed by atoms with Gasteiger partial charge in [-0.2, -0.15) is 0 Å². The van der Waals surface area contributed by atoms with Crippen LogP contribution in [-0.4, -0.2) is 11.1 Å². The second kappa shape index (κ2) is 4.79. The zero-order chi connectivity index (χ0) is 11.7. The summed E-state index contributed by atoms with van der Waals surface area (Å²) in [5.74, 6) is 0.831. The van der Waals surface area contributed by atoms with E-state index >= 15 is 0 Å². The van der Waals surface area contributed by atoms with Crippen LogP contribution in [0.3, 0.4) is 0 Å². The van der Waals surface area contributed by atoms with Gasteiger partial charge >= 0.3 is 0 Å². The molecule has 0 amide bonds. The lowest BCUT2D eigenvalue weighted by Gasteiger charge is -2.27. The summed E-state index contributed by atoms with van der Waals surface area (Å²) in [5.41, 5.74) is 1.29. The molecule has 2 nitrogen and oxygen atoms in total. The standard InChI is InChI=1S/C15H21NO/c1-12(13-8-4-2-5-9-13)16-15(17-16)14-10-6-3-7-11-14/h3,6-7,10-13,15H,2,4-5,8-9H2,1H3/t12-,15+,16?/m1/s1. The number of benzene rings is 1. The zero-order valence-electron chi connectivity index (χ0n) is 10.5. The van der Waals surface area contributed by atoms with Gasteiger partial charge in [-0.25, -0.2) is 0 Å². The molecule has 1 aromatic carbocycles. The summed E-state index contributed by atoms with van der Waals surface area (Å²) >= 11 is 0. The first-order chi connectivity index (χ1) is 8.36. The van der Waals surface area contributed by atoms with E-state index < -0.39 is 0 Å². The van der Waals surface area contributed by atoms with Gasteiger partial charge in [-0.15, -0.1) is 5.06 Å². The van der Waals surface area contributed by atoms with E-state index in [2.05, 4.69) is 42.3 Å². The number of nitrogens with zero attached hydrogens (tertiary/aromatic N) is 1. The largest absolute Gasteiger partial charge is 0.270 e. The van der Waals surface area contributed by atoms with Crippen molar-refractivity contribution in [2.24, 2.45) is 5.92 Å². The monoisotopic (exact) mass is 231 g/mol. The van der Waals surface area contributed by atoms with Crippen molar-refractivity contribution in [3.63, 3.8) is 0 Å². The fraction of sp³-hybridized carbons (Fsp3) is 0.600. The Balaban J connectivity index is 1.60. The van der Waals surface area contributed by atoms with Crippen molar-refractivity contribution in [3.05, 3.63) is 35.9 Å². The second-order valence-electron chi connectivity index (χ2n) is 5.37. The average Bonchev–Trinajstić information content (AvgIpc) is 3.20. The first-order valence-corrected chi connectivity index (χ1v) is 6.86. The third-order valence-corrected chi connectivity index (χ3v) is 4.23. The van der Waals surface area contributed by atoms with E-state index in [-0.39, 0.29) is 6.23 Å². The first kappa shape index (κ1) is 11.2. The Morgan fingerprint density at radius 2 is 1.82 bits per heavy atom. The SMILES string of the molecule is C[C@H](C1CCCCC1)N1O[C@H]1c1ccccc1. The highest BCUT2D eigenvalue weighted by Gasteiger charge is 2.44. The van der Waals surface area contributed by atoms with E-state index in [9.17, 15) is 0 Å². The Morgan fingerprint density at radius 1 is 1.12 bits per heavy atom.